The average Bonchev–Trinajstić information content (AvgIpc) is 3.40. The number of benzene rings is 1. The van der Waals surface area contributed by atoms with Crippen LogP contribution in [0.2, 0.25) is 0 Å². The maximum Gasteiger partial charge on any atom is 0.341 e. The van der Waals surface area contributed by atoms with Gasteiger partial charge in [-0.05, 0) is 44.4 Å². The van der Waals surface area contributed by atoms with E-state index in [0.29, 0.717) is 16.3 Å². The molecule has 1 saturated carbocycles. The van der Waals surface area contributed by atoms with Crippen LogP contribution in [0.15, 0.2) is 18.2 Å². The Hall–Kier alpha value is -2.94. The third-order valence-electron chi connectivity index (χ3n) is 4.40. The van der Waals surface area contributed by atoms with Crippen molar-refractivity contribution < 1.29 is 19.2 Å². The van der Waals surface area contributed by atoms with E-state index in [9.17, 15) is 19.7 Å². The number of anilines is 2. The first-order valence-corrected chi connectivity index (χ1v) is 9.18. The van der Waals surface area contributed by atoms with Gasteiger partial charge in [0.25, 0.3) is 11.6 Å². The van der Waals surface area contributed by atoms with Crippen molar-refractivity contribution in [3.63, 3.8) is 0 Å². The third kappa shape index (κ3) is 3.92. The number of hydrogen-bond acceptors (Lipinski definition) is 7. The quantitative estimate of drug-likeness (QED) is 0.441. The molecule has 0 saturated heterocycles. The van der Waals surface area contributed by atoms with Crippen molar-refractivity contribution in [2.24, 2.45) is 0 Å². The second kappa shape index (κ2) is 7.36. The van der Waals surface area contributed by atoms with Crippen LogP contribution in [0, 0.1) is 24.0 Å². The molecule has 1 aliphatic rings. The minimum atomic E-state index is -0.540. The van der Waals surface area contributed by atoms with Gasteiger partial charge >= 0.3 is 5.97 Å². The van der Waals surface area contributed by atoms with E-state index in [4.69, 9.17) is 4.74 Å². The minimum Gasteiger partial charge on any atom is -0.465 e. The number of carbonyl (C=O) groups is 2. The second-order valence-corrected chi connectivity index (χ2v) is 7.57. The number of thiophene rings is 1. The molecule has 0 aliphatic heterocycles. The molecule has 1 fully saturated rings. The highest BCUT2D eigenvalue weighted by Gasteiger charge is 2.26. The zero-order valence-electron chi connectivity index (χ0n) is 15.1. The van der Waals surface area contributed by atoms with E-state index in [2.05, 4.69) is 10.6 Å². The minimum absolute atomic E-state index is 0.141. The van der Waals surface area contributed by atoms with Crippen molar-refractivity contribution in [2.45, 2.75) is 32.7 Å². The summed E-state index contributed by atoms with van der Waals surface area (Å²) in [6.07, 6.45) is 1.96. The molecule has 142 valence electrons. The summed E-state index contributed by atoms with van der Waals surface area (Å²) in [5.41, 5.74) is 1.42. The van der Waals surface area contributed by atoms with E-state index in [1.165, 1.54) is 36.6 Å². The largest absolute Gasteiger partial charge is 0.465 e. The number of carbonyl (C=O) groups excluding carboxylic acids is 2. The molecule has 0 unspecified atom stereocenters. The first kappa shape index (κ1) is 18.8. The van der Waals surface area contributed by atoms with Gasteiger partial charge in [-0.25, -0.2) is 4.79 Å². The third-order valence-corrected chi connectivity index (χ3v) is 5.52. The van der Waals surface area contributed by atoms with Crippen molar-refractivity contribution in [3.8, 4) is 0 Å². The Bertz CT molecular complexity index is 933. The first-order valence-electron chi connectivity index (χ1n) is 8.36. The Morgan fingerprint density at radius 3 is 2.59 bits per heavy atom. The fraction of sp³-hybridized carbons (Fsp3) is 0.333. The summed E-state index contributed by atoms with van der Waals surface area (Å²) in [5.74, 6) is -1.07. The van der Waals surface area contributed by atoms with Crippen LogP contribution in [-0.2, 0) is 4.74 Å². The predicted molar refractivity (Wildman–Crippen MR) is 103 cm³/mol. The molecule has 1 aromatic carbocycles. The number of esters is 1. The summed E-state index contributed by atoms with van der Waals surface area (Å²) >= 11 is 1.26. The van der Waals surface area contributed by atoms with Crippen LogP contribution in [0.4, 0.5) is 16.4 Å². The van der Waals surface area contributed by atoms with Gasteiger partial charge in [-0.15, -0.1) is 11.3 Å². The summed E-state index contributed by atoms with van der Waals surface area (Å²) in [6.45, 7) is 3.61. The maximum atomic E-state index is 12.6. The van der Waals surface area contributed by atoms with Gasteiger partial charge < -0.3 is 15.4 Å². The summed E-state index contributed by atoms with van der Waals surface area (Å²) in [6, 6.07) is 4.56. The Morgan fingerprint density at radius 2 is 2.00 bits per heavy atom. The van der Waals surface area contributed by atoms with Gasteiger partial charge in [-0.2, -0.15) is 0 Å². The van der Waals surface area contributed by atoms with Gasteiger partial charge in [-0.3, -0.25) is 14.9 Å². The van der Waals surface area contributed by atoms with Crippen LogP contribution in [-0.4, -0.2) is 30.0 Å². The molecule has 27 heavy (non-hydrogen) atoms. The number of amides is 1. The SMILES string of the molecule is COC(=O)c1c(NC(=O)c2ccc(NC3CC3)c([N+](=O)[O-])c2)sc(C)c1C. The molecule has 0 spiro atoms. The lowest BCUT2D eigenvalue weighted by molar-refractivity contribution is -0.384. The zero-order chi connectivity index (χ0) is 19.7. The number of ether oxygens (including phenoxy) is 1. The van der Waals surface area contributed by atoms with Crippen LogP contribution in [0.3, 0.4) is 0 Å². The van der Waals surface area contributed by atoms with Crippen molar-refractivity contribution >= 4 is 39.6 Å². The van der Waals surface area contributed by atoms with Gasteiger partial charge in [0.15, 0.2) is 0 Å². The predicted octanol–water partition coefficient (Wildman–Crippen LogP) is 3.89. The van der Waals surface area contributed by atoms with E-state index < -0.39 is 16.8 Å². The smallest absolute Gasteiger partial charge is 0.341 e. The molecule has 9 heteroatoms. The lowest BCUT2D eigenvalue weighted by Gasteiger charge is -2.09. The van der Waals surface area contributed by atoms with Gasteiger partial charge in [0.1, 0.15) is 10.7 Å². The molecule has 1 aliphatic carbocycles. The van der Waals surface area contributed by atoms with E-state index in [1.807, 2.05) is 6.92 Å². The van der Waals surface area contributed by atoms with Gasteiger partial charge in [0, 0.05) is 22.5 Å². The molecule has 8 nitrogen and oxygen atoms in total. The Labute approximate surface area is 159 Å². The second-order valence-electron chi connectivity index (χ2n) is 6.34. The number of nitro groups is 1. The topological polar surface area (TPSA) is 111 Å². The van der Waals surface area contributed by atoms with Crippen LogP contribution in [0.25, 0.3) is 0 Å². The molecule has 0 atom stereocenters. The fourth-order valence-corrected chi connectivity index (χ4v) is 3.68. The highest BCUT2D eigenvalue weighted by molar-refractivity contribution is 7.16. The number of nitrogens with one attached hydrogen (secondary N) is 2. The lowest BCUT2D eigenvalue weighted by atomic mass is 10.1. The summed E-state index contributed by atoms with van der Waals surface area (Å²) in [5, 5.41) is 17.5. The molecule has 0 radical (unpaired) electrons. The van der Waals surface area contributed by atoms with Crippen molar-refractivity contribution in [2.75, 3.05) is 17.7 Å². The van der Waals surface area contributed by atoms with E-state index in [1.54, 1.807) is 6.92 Å². The molecule has 0 bridgehead atoms. The number of rotatable bonds is 6. The molecule has 2 N–H and O–H groups in total. The first-order chi connectivity index (χ1) is 12.8. The molecule has 3 rings (SSSR count). The highest BCUT2D eigenvalue weighted by Crippen LogP contribution is 2.34. The van der Waals surface area contributed by atoms with Crippen LogP contribution in [0.5, 0.6) is 0 Å². The highest BCUT2D eigenvalue weighted by atomic mass is 32.1. The number of methoxy groups -OCH3 is 1. The number of nitrogens with zero attached hydrogens (tertiary/aromatic N) is 1. The summed E-state index contributed by atoms with van der Waals surface area (Å²) in [4.78, 5) is 36.4. The lowest BCUT2D eigenvalue weighted by Crippen LogP contribution is -2.15. The van der Waals surface area contributed by atoms with Crippen LogP contribution in [0.1, 0.15) is 44.0 Å². The molecule has 1 heterocycles. The van der Waals surface area contributed by atoms with E-state index in [-0.39, 0.29) is 17.3 Å². The molecule has 2 aromatic rings. The molecular formula is C18H19N3O5S. The molecular weight excluding hydrogens is 370 g/mol. The average molecular weight is 389 g/mol. The van der Waals surface area contributed by atoms with Gasteiger partial charge in [0.2, 0.25) is 0 Å². The zero-order valence-corrected chi connectivity index (χ0v) is 15.9. The Morgan fingerprint density at radius 1 is 1.30 bits per heavy atom. The monoisotopic (exact) mass is 389 g/mol. The molecule has 1 amide bonds. The Balaban J connectivity index is 1.88. The number of aryl methyl sites for hydroxylation is 1. The fourth-order valence-electron chi connectivity index (χ4n) is 2.63. The summed E-state index contributed by atoms with van der Waals surface area (Å²) in [7, 11) is 1.27. The van der Waals surface area contributed by atoms with Crippen molar-refractivity contribution in [1.29, 1.82) is 0 Å². The normalized spacial score (nSPS) is 13.1. The van der Waals surface area contributed by atoms with Crippen molar-refractivity contribution in [3.05, 3.63) is 49.9 Å². The summed E-state index contributed by atoms with van der Waals surface area (Å²) < 4.78 is 4.79. The maximum absolute atomic E-state index is 12.6. The Kier molecular flexibility index (Phi) is 5.13. The van der Waals surface area contributed by atoms with Crippen LogP contribution < -0.4 is 10.6 Å². The van der Waals surface area contributed by atoms with Gasteiger partial charge in [-0.1, -0.05) is 0 Å². The number of hydrogen-bond donors (Lipinski definition) is 2. The molecule has 1 aromatic heterocycles. The van der Waals surface area contributed by atoms with E-state index in [0.717, 1.165) is 23.3 Å². The van der Waals surface area contributed by atoms with Crippen molar-refractivity contribution in [1.82, 2.24) is 0 Å². The number of nitro benzene ring substituents is 1. The van der Waals surface area contributed by atoms with Gasteiger partial charge in [0.05, 0.1) is 17.6 Å². The van der Waals surface area contributed by atoms with E-state index >= 15 is 0 Å². The van der Waals surface area contributed by atoms with Crippen LogP contribution >= 0.6 is 11.3 Å². The standard InChI is InChI=1S/C18H19N3O5S/c1-9-10(2)27-17(15(9)18(23)26-3)20-16(22)11-4-7-13(19-12-5-6-12)14(8-11)21(24)25/h4,7-8,12,19H,5-6H2,1-3H3,(H,20,22).